The lowest BCUT2D eigenvalue weighted by atomic mass is 10.1. The van der Waals surface area contributed by atoms with Crippen molar-refractivity contribution in [2.45, 2.75) is 20.4 Å². The molecule has 10 heteroatoms. The second-order valence-electron chi connectivity index (χ2n) is 5.10. The quantitative estimate of drug-likeness (QED) is 0.619. The van der Waals surface area contributed by atoms with E-state index in [9.17, 15) is 14.4 Å². The predicted molar refractivity (Wildman–Crippen MR) is 93.8 cm³/mol. The Morgan fingerprint density at radius 2 is 2.00 bits per heavy atom. The summed E-state index contributed by atoms with van der Waals surface area (Å²) in [5.74, 6) is 0.149. The van der Waals surface area contributed by atoms with Crippen LogP contribution >= 0.6 is 11.6 Å². The molecule has 0 saturated carbocycles. The Labute approximate surface area is 148 Å². The molecule has 134 valence electrons. The van der Waals surface area contributed by atoms with E-state index >= 15 is 0 Å². The van der Waals surface area contributed by atoms with Gasteiger partial charge in [-0.05, 0) is 32.0 Å². The second-order valence-corrected chi connectivity index (χ2v) is 5.51. The summed E-state index contributed by atoms with van der Waals surface area (Å²) in [6.07, 6.45) is 0. The Morgan fingerprint density at radius 3 is 2.60 bits per heavy atom. The Bertz CT molecular complexity index is 812. The molecule has 0 unspecified atom stereocenters. The average Bonchev–Trinajstić information content (AvgIpc) is 3.01. The number of nitrogens with zero attached hydrogens (tertiary/aromatic N) is 2. The molecule has 2 rings (SSSR count). The Balaban J connectivity index is 2.05. The zero-order valence-corrected chi connectivity index (χ0v) is 14.6. The molecule has 4 N–H and O–H groups in total. The van der Waals surface area contributed by atoms with Crippen molar-refractivity contribution in [3.05, 3.63) is 45.1 Å². The van der Waals surface area contributed by atoms with E-state index in [1.807, 2.05) is 13.8 Å². The molecule has 1 aromatic heterocycles. The normalized spacial score (nSPS) is 10.4. The minimum absolute atomic E-state index is 0.0280. The number of carbonyl (C=O) groups is 2. The highest BCUT2D eigenvalue weighted by atomic mass is 35.5. The molecule has 2 aromatic rings. The third-order valence-electron chi connectivity index (χ3n) is 3.48. The lowest BCUT2D eigenvalue weighted by Gasteiger charge is -2.19. The van der Waals surface area contributed by atoms with Crippen LogP contribution in [0.1, 0.15) is 30.0 Å². The maximum atomic E-state index is 12.4. The van der Waals surface area contributed by atoms with E-state index < -0.39 is 11.7 Å². The Kier molecular flexibility index (Phi) is 6.18. The standard InChI is InChI=1S/C15H19ClN6O3/c1-3-22(4-2)13(23)9-5-6-10(16)11(7-9)18-14(24)17-8-12-19-15(25)21-20-12/h5-7H,3-4,8H2,1-2H3,(H2,17,18,24)(H2,19,20,21,25). The summed E-state index contributed by atoms with van der Waals surface area (Å²) < 4.78 is 0. The number of carbonyl (C=O) groups excluding carboxylic acids is 2. The Hall–Kier alpha value is -2.81. The molecule has 0 saturated heterocycles. The van der Waals surface area contributed by atoms with Crippen molar-refractivity contribution in [1.29, 1.82) is 0 Å². The number of urea groups is 1. The second kappa shape index (κ2) is 8.34. The molecule has 0 radical (unpaired) electrons. The topological polar surface area (TPSA) is 123 Å². The number of amides is 3. The predicted octanol–water partition coefficient (Wildman–Crippen LogP) is 1.56. The molecular weight excluding hydrogens is 348 g/mol. The summed E-state index contributed by atoms with van der Waals surface area (Å²) in [5.41, 5.74) is 0.288. The first-order chi connectivity index (χ1) is 11.9. The van der Waals surface area contributed by atoms with Gasteiger partial charge in [0.15, 0.2) is 0 Å². The number of anilines is 1. The number of aromatic nitrogens is 3. The molecule has 0 aliphatic carbocycles. The number of rotatable bonds is 6. The molecule has 0 bridgehead atoms. The van der Waals surface area contributed by atoms with Crippen molar-refractivity contribution in [2.24, 2.45) is 0 Å². The summed E-state index contributed by atoms with van der Waals surface area (Å²) in [6.45, 7) is 4.99. The van der Waals surface area contributed by atoms with Crippen LogP contribution < -0.4 is 16.3 Å². The molecule has 3 amide bonds. The van der Waals surface area contributed by atoms with E-state index in [-0.39, 0.29) is 18.3 Å². The number of hydrogen-bond donors (Lipinski definition) is 4. The van der Waals surface area contributed by atoms with Crippen LogP contribution in [0, 0.1) is 0 Å². The molecule has 9 nitrogen and oxygen atoms in total. The molecule has 0 aliphatic heterocycles. The fourth-order valence-corrected chi connectivity index (χ4v) is 2.33. The van der Waals surface area contributed by atoms with E-state index in [1.54, 1.807) is 17.0 Å². The highest BCUT2D eigenvalue weighted by Crippen LogP contribution is 2.23. The zero-order chi connectivity index (χ0) is 18.4. The lowest BCUT2D eigenvalue weighted by molar-refractivity contribution is 0.0773. The minimum Gasteiger partial charge on any atom is -0.339 e. The van der Waals surface area contributed by atoms with Crippen LogP contribution in [0.25, 0.3) is 0 Å². The fraction of sp³-hybridized carbons (Fsp3) is 0.333. The van der Waals surface area contributed by atoms with E-state index in [0.717, 1.165) is 0 Å². The summed E-state index contributed by atoms with van der Waals surface area (Å²) in [5, 5.41) is 11.3. The molecule has 0 aliphatic rings. The van der Waals surface area contributed by atoms with Gasteiger partial charge < -0.3 is 15.5 Å². The molecule has 1 aromatic carbocycles. The fourth-order valence-electron chi connectivity index (χ4n) is 2.17. The highest BCUT2D eigenvalue weighted by molar-refractivity contribution is 6.33. The maximum absolute atomic E-state index is 12.4. The van der Waals surface area contributed by atoms with Gasteiger partial charge in [0.25, 0.3) is 5.91 Å². The maximum Gasteiger partial charge on any atom is 0.340 e. The van der Waals surface area contributed by atoms with Crippen LogP contribution in [0.5, 0.6) is 0 Å². The smallest absolute Gasteiger partial charge is 0.339 e. The zero-order valence-electron chi connectivity index (χ0n) is 13.9. The van der Waals surface area contributed by atoms with Gasteiger partial charge in [0.2, 0.25) is 0 Å². The molecule has 0 atom stereocenters. The van der Waals surface area contributed by atoms with Crippen LogP contribution in [-0.4, -0.2) is 45.1 Å². The number of halogens is 1. The van der Waals surface area contributed by atoms with E-state index in [0.29, 0.717) is 29.4 Å². The van der Waals surface area contributed by atoms with Crippen molar-refractivity contribution < 1.29 is 9.59 Å². The van der Waals surface area contributed by atoms with Crippen LogP contribution in [0.15, 0.2) is 23.0 Å². The monoisotopic (exact) mass is 366 g/mol. The van der Waals surface area contributed by atoms with Gasteiger partial charge in [-0.2, -0.15) is 5.10 Å². The van der Waals surface area contributed by atoms with Gasteiger partial charge in [0, 0.05) is 18.7 Å². The van der Waals surface area contributed by atoms with Crippen molar-refractivity contribution in [3.63, 3.8) is 0 Å². The van der Waals surface area contributed by atoms with Crippen LogP contribution in [-0.2, 0) is 6.54 Å². The molecule has 0 spiro atoms. The largest absolute Gasteiger partial charge is 0.340 e. The summed E-state index contributed by atoms with van der Waals surface area (Å²) in [4.78, 5) is 39.3. The Morgan fingerprint density at radius 1 is 1.28 bits per heavy atom. The van der Waals surface area contributed by atoms with Gasteiger partial charge in [-0.1, -0.05) is 11.6 Å². The van der Waals surface area contributed by atoms with Gasteiger partial charge in [-0.25, -0.2) is 14.7 Å². The summed E-state index contributed by atoms with van der Waals surface area (Å²) >= 11 is 6.08. The van der Waals surface area contributed by atoms with Crippen LogP contribution in [0.3, 0.4) is 0 Å². The van der Waals surface area contributed by atoms with Gasteiger partial charge in [-0.15, -0.1) is 0 Å². The van der Waals surface area contributed by atoms with E-state index in [1.165, 1.54) is 6.07 Å². The first-order valence-corrected chi connectivity index (χ1v) is 8.09. The van der Waals surface area contributed by atoms with Gasteiger partial charge in [0.1, 0.15) is 5.82 Å². The number of benzene rings is 1. The molecular formula is C15H19ClN6O3. The first-order valence-electron chi connectivity index (χ1n) is 7.71. The van der Waals surface area contributed by atoms with Crippen molar-refractivity contribution >= 4 is 29.2 Å². The van der Waals surface area contributed by atoms with Crippen molar-refractivity contribution in [3.8, 4) is 0 Å². The summed E-state index contributed by atoms with van der Waals surface area (Å²) in [6, 6.07) is 4.15. The minimum atomic E-state index is -0.543. The summed E-state index contributed by atoms with van der Waals surface area (Å²) in [7, 11) is 0. The van der Waals surface area contributed by atoms with Gasteiger partial charge in [-0.3, -0.25) is 9.78 Å². The van der Waals surface area contributed by atoms with Crippen molar-refractivity contribution in [2.75, 3.05) is 18.4 Å². The van der Waals surface area contributed by atoms with Gasteiger partial charge in [0.05, 0.1) is 17.3 Å². The molecule has 1 heterocycles. The number of hydrogen-bond acceptors (Lipinski definition) is 4. The van der Waals surface area contributed by atoms with Crippen LogP contribution in [0.4, 0.5) is 10.5 Å². The van der Waals surface area contributed by atoms with Crippen molar-refractivity contribution in [1.82, 2.24) is 25.4 Å². The molecule has 0 fully saturated rings. The van der Waals surface area contributed by atoms with E-state index in [2.05, 4.69) is 25.8 Å². The third kappa shape index (κ3) is 4.83. The first kappa shape index (κ1) is 18.5. The van der Waals surface area contributed by atoms with Crippen LogP contribution in [0.2, 0.25) is 5.02 Å². The lowest BCUT2D eigenvalue weighted by Crippen LogP contribution is -2.31. The number of H-pyrrole nitrogens is 2. The SMILES string of the molecule is CCN(CC)C(=O)c1ccc(Cl)c(NC(=O)NCc2n[nH]c(=O)[nH]2)c1. The highest BCUT2D eigenvalue weighted by Gasteiger charge is 2.15. The number of aromatic amines is 2. The third-order valence-corrected chi connectivity index (χ3v) is 3.81. The van der Waals surface area contributed by atoms with Gasteiger partial charge >= 0.3 is 11.7 Å². The average molecular weight is 367 g/mol. The molecule has 25 heavy (non-hydrogen) atoms. The number of nitrogens with one attached hydrogen (secondary N) is 4. The van der Waals surface area contributed by atoms with E-state index in [4.69, 9.17) is 11.6 Å².